The lowest BCUT2D eigenvalue weighted by molar-refractivity contribution is 0.245. The summed E-state index contributed by atoms with van der Waals surface area (Å²) in [6.07, 6.45) is 1.84. The molecule has 0 amide bonds. The number of halogens is 2. The molecule has 0 bridgehead atoms. The Labute approximate surface area is 168 Å². The predicted octanol–water partition coefficient (Wildman–Crippen LogP) is 3.89. The van der Waals surface area contributed by atoms with E-state index in [4.69, 9.17) is 4.99 Å². The molecule has 1 unspecified atom stereocenters. The fourth-order valence-corrected chi connectivity index (χ4v) is 2.76. The van der Waals surface area contributed by atoms with Gasteiger partial charge in [-0.2, -0.15) is 0 Å². The van der Waals surface area contributed by atoms with Gasteiger partial charge in [-0.15, -0.1) is 24.0 Å². The Morgan fingerprint density at radius 3 is 2.44 bits per heavy atom. The van der Waals surface area contributed by atoms with Gasteiger partial charge in [0.05, 0.1) is 0 Å². The molecule has 0 aromatic heterocycles. The Balaban J connectivity index is 0.00000576. The van der Waals surface area contributed by atoms with Crippen LogP contribution in [-0.4, -0.2) is 42.7 Å². The quantitative estimate of drug-likeness (QED) is 0.331. The topological polar surface area (TPSA) is 47.9 Å². The summed E-state index contributed by atoms with van der Waals surface area (Å²) in [7, 11) is 1.98. The Morgan fingerprint density at radius 2 is 1.92 bits per heavy atom. The molecule has 0 radical (unpaired) electrons. The van der Waals surface area contributed by atoms with Crippen molar-refractivity contribution in [1.29, 1.82) is 0 Å². The minimum atomic E-state index is -0.220. The summed E-state index contributed by atoms with van der Waals surface area (Å²) in [6.45, 7) is 8.80. The zero-order valence-corrected chi connectivity index (χ0v) is 18.2. The van der Waals surface area contributed by atoms with Gasteiger partial charge in [0.25, 0.3) is 0 Å². The van der Waals surface area contributed by atoms with Crippen LogP contribution in [0.3, 0.4) is 0 Å². The lowest BCUT2D eigenvalue weighted by Crippen LogP contribution is -2.38. The number of aliphatic hydroxyl groups is 1. The molecule has 2 N–H and O–H groups in total. The zero-order chi connectivity index (χ0) is 17.9. The average molecular weight is 465 g/mol. The molecule has 0 fully saturated rings. The van der Waals surface area contributed by atoms with Gasteiger partial charge in [-0.1, -0.05) is 26.0 Å². The largest absolute Gasteiger partial charge is 0.396 e. The first kappa shape index (κ1) is 24.1. The van der Waals surface area contributed by atoms with Gasteiger partial charge in [-0.25, -0.2) is 4.39 Å². The highest BCUT2D eigenvalue weighted by molar-refractivity contribution is 14.0. The maximum absolute atomic E-state index is 13.0. The van der Waals surface area contributed by atoms with Crippen LogP contribution in [0.15, 0.2) is 29.3 Å². The number of nitrogens with zero attached hydrogens (tertiary/aromatic N) is 2. The van der Waals surface area contributed by atoms with Crippen LogP contribution in [0.2, 0.25) is 0 Å². The van der Waals surface area contributed by atoms with E-state index >= 15 is 0 Å². The van der Waals surface area contributed by atoms with Crippen molar-refractivity contribution in [1.82, 2.24) is 10.2 Å². The summed E-state index contributed by atoms with van der Waals surface area (Å²) in [5.74, 6) is 1.61. The van der Waals surface area contributed by atoms with Gasteiger partial charge in [0.2, 0.25) is 0 Å². The summed E-state index contributed by atoms with van der Waals surface area (Å²) in [6, 6.07) is 6.55. The molecule has 1 aromatic carbocycles. The van der Waals surface area contributed by atoms with Gasteiger partial charge in [-0.05, 0) is 49.3 Å². The fraction of sp³-hybridized carbons (Fsp3) is 0.632. The summed E-state index contributed by atoms with van der Waals surface area (Å²) in [5, 5.41) is 12.5. The number of hydrogen-bond donors (Lipinski definition) is 2. The van der Waals surface area contributed by atoms with Crippen molar-refractivity contribution in [2.24, 2.45) is 16.8 Å². The van der Waals surface area contributed by atoms with Crippen molar-refractivity contribution < 1.29 is 9.50 Å². The lowest BCUT2D eigenvalue weighted by atomic mass is 9.94. The third kappa shape index (κ3) is 9.99. The number of nitrogens with one attached hydrogen (secondary N) is 1. The van der Waals surface area contributed by atoms with Crippen molar-refractivity contribution in [2.45, 2.75) is 40.2 Å². The minimum Gasteiger partial charge on any atom is -0.396 e. The van der Waals surface area contributed by atoms with E-state index in [9.17, 15) is 9.50 Å². The van der Waals surface area contributed by atoms with E-state index < -0.39 is 0 Å². The van der Waals surface area contributed by atoms with Gasteiger partial charge in [0, 0.05) is 33.3 Å². The highest BCUT2D eigenvalue weighted by Gasteiger charge is 2.12. The molecule has 0 aliphatic carbocycles. The number of benzene rings is 1. The van der Waals surface area contributed by atoms with Crippen LogP contribution in [0.4, 0.5) is 4.39 Å². The summed E-state index contributed by atoms with van der Waals surface area (Å²) in [4.78, 5) is 6.79. The zero-order valence-electron chi connectivity index (χ0n) is 15.8. The molecule has 0 spiro atoms. The van der Waals surface area contributed by atoms with Crippen molar-refractivity contribution >= 4 is 29.9 Å². The molecule has 25 heavy (non-hydrogen) atoms. The summed E-state index contributed by atoms with van der Waals surface area (Å²) < 4.78 is 13.0. The predicted molar refractivity (Wildman–Crippen MR) is 114 cm³/mol. The van der Waals surface area contributed by atoms with Crippen molar-refractivity contribution in [3.05, 3.63) is 35.6 Å². The molecule has 1 rings (SSSR count). The molecule has 4 nitrogen and oxygen atoms in total. The molecule has 1 atom stereocenters. The first-order valence-electron chi connectivity index (χ1n) is 8.81. The second-order valence-corrected chi connectivity index (χ2v) is 6.69. The number of aliphatic imine (C=N–C) groups is 1. The summed E-state index contributed by atoms with van der Waals surface area (Å²) in [5.41, 5.74) is 1.04. The van der Waals surface area contributed by atoms with Crippen LogP contribution in [0, 0.1) is 17.7 Å². The van der Waals surface area contributed by atoms with Crippen molar-refractivity contribution in [3.8, 4) is 0 Å². The summed E-state index contributed by atoms with van der Waals surface area (Å²) >= 11 is 0. The Hall–Kier alpha value is -0.890. The maximum Gasteiger partial charge on any atom is 0.193 e. The van der Waals surface area contributed by atoms with Crippen LogP contribution < -0.4 is 5.32 Å². The molecule has 6 heteroatoms. The van der Waals surface area contributed by atoms with E-state index in [1.54, 1.807) is 12.1 Å². The minimum absolute atomic E-state index is 0. The van der Waals surface area contributed by atoms with Gasteiger partial charge in [0.15, 0.2) is 5.96 Å². The molecule has 0 aliphatic heterocycles. The first-order valence-corrected chi connectivity index (χ1v) is 8.81. The van der Waals surface area contributed by atoms with Crippen molar-refractivity contribution in [2.75, 3.05) is 26.7 Å². The Bertz CT molecular complexity index is 494. The van der Waals surface area contributed by atoms with Gasteiger partial charge in [0.1, 0.15) is 5.82 Å². The molecule has 1 aromatic rings. The highest BCUT2D eigenvalue weighted by atomic mass is 127. The van der Waals surface area contributed by atoms with Gasteiger partial charge < -0.3 is 15.3 Å². The van der Waals surface area contributed by atoms with E-state index in [2.05, 4.69) is 19.2 Å². The Kier molecular flexibility index (Phi) is 12.9. The highest BCUT2D eigenvalue weighted by Crippen LogP contribution is 2.16. The van der Waals surface area contributed by atoms with Crippen LogP contribution >= 0.6 is 24.0 Å². The Morgan fingerprint density at radius 1 is 1.28 bits per heavy atom. The second-order valence-electron chi connectivity index (χ2n) is 6.69. The maximum atomic E-state index is 13.0. The molecule has 0 heterocycles. The third-order valence-electron chi connectivity index (χ3n) is 3.87. The third-order valence-corrected chi connectivity index (χ3v) is 3.87. The van der Waals surface area contributed by atoms with E-state index in [1.807, 2.05) is 18.9 Å². The lowest BCUT2D eigenvalue weighted by Gasteiger charge is -2.23. The van der Waals surface area contributed by atoms with Crippen LogP contribution in [-0.2, 0) is 6.54 Å². The van der Waals surface area contributed by atoms with E-state index in [0.29, 0.717) is 24.9 Å². The number of guanidine groups is 1. The smallest absolute Gasteiger partial charge is 0.193 e. The molecular weight excluding hydrogens is 432 g/mol. The molecule has 0 saturated carbocycles. The van der Waals surface area contributed by atoms with Gasteiger partial charge >= 0.3 is 0 Å². The number of aliphatic hydroxyl groups excluding tert-OH is 1. The van der Waals surface area contributed by atoms with E-state index in [1.165, 1.54) is 12.1 Å². The average Bonchev–Trinajstić information content (AvgIpc) is 2.53. The normalized spacial score (nSPS) is 12.7. The van der Waals surface area contributed by atoms with E-state index in [-0.39, 0.29) is 36.4 Å². The van der Waals surface area contributed by atoms with Crippen molar-refractivity contribution in [3.63, 3.8) is 0 Å². The van der Waals surface area contributed by atoms with Crippen LogP contribution in [0.5, 0.6) is 0 Å². The van der Waals surface area contributed by atoms with Crippen LogP contribution in [0.25, 0.3) is 0 Å². The molecular formula is C19H33FIN3O. The molecule has 144 valence electrons. The molecule has 0 saturated heterocycles. The van der Waals surface area contributed by atoms with Crippen LogP contribution in [0.1, 0.15) is 39.2 Å². The SMILES string of the molecule is CCNC(=NCC(CCO)CC(C)C)N(C)Cc1ccc(F)cc1.I. The second kappa shape index (κ2) is 13.3. The number of hydrogen-bond acceptors (Lipinski definition) is 2. The van der Waals surface area contributed by atoms with Gasteiger partial charge in [-0.3, -0.25) is 4.99 Å². The fourth-order valence-electron chi connectivity index (χ4n) is 2.76. The molecule has 0 aliphatic rings. The number of rotatable bonds is 9. The van der Waals surface area contributed by atoms with E-state index in [0.717, 1.165) is 30.9 Å². The standard InChI is InChI=1S/C19H32FN3O.HI/c1-5-21-19(22-13-17(10-11-24)12-15(2)3)23(4)14-16-6-8-18(20)9-7-16;/h6-9,15,17,24H,5,10-14H2,1-4H3,(H,21,22);1H. The monoisotopic (exact) mass is 465 g/mol. The first-order chi connectivity index (χ1) is 11.5.